The number of sulfonamides is 1. The lowest BCUT2D eigenvalue weighted by Gasteiger charge is -2.22. The average molecular weight is 404 g/mol. The lowest BCUT2D eigenvalue weighted by molar-refractivity contribution is 0.358. The Morgan fingerprint density at radius 2 is 2.15 bits per heavy atom. The quantitative estimate of drug-likeness (QED) is 0.629. The molecule has 0 spiro atoms. The van der Waals surface area contributed by atoms with E-state index in [4.69, 9.17) is 0 Å². The number of aromatic amines is 1. The number of hydrogen-bond donors (Lipinski definition) is 3. The molecule has 1 saturated heterocycles. The highest BCUT2D eigenvalue weighted by Crippen LogP contribution is 2.15. The molecule has 0 radical (unpaired) electrons. The largest absolute Gasteiger partial charge is 0.329 e. The number of pyridine rings is 1. The number of aromatic nitrogens is 3. The summed E-state index contributed by atoms with van der Waals surface area (Å²) in [5, 5.41) is 3.35. The predicted octanol–water partition coefficient (Wildman–Crippen LogP) is -0.288. The number of nitrogens with zero attached hydrogens (tertiary/aromatic N) is 2. The Hall–Kier alpha value is -1.75. The van der Waals surface area contributed by atoms with Gasteiger partial charge in [-0.25, -0.2) is 22.9 Å². The van der Waals surface area contributed by atoms with Gasteiger partial charge in [-0.2, -0.15) is 0 Å². The maximum atomic E-state index is 12.4. The van der Waals surface area contributed by atoms with E-state index in [2.05, 4.69) is 20.0 Å². The highest BCUT2D eigenvalue weighted by Gasteiger charge is 2.18. The van der Waals surface area contributed by atoms with Crippen LogP contribution in [0.25, 0.3) is 11.0 Å². The monoisotopic (exact) mass is 403 g/mol. The first-order valence-electron chi connectivity index (χ1n) is 8.18. The molecule has 1 aliphatic heterocycles. The van der Waals surface area contributed by atoms with Gasteiger partial charge in [0.2, 0.25) is 10.0 Å². The smallest absolute Gasteiger partial charge is 0.316 e. The molecule has 3 rings (SSSR count). The fourth-order valence-corrected chi connectivity index (χ4v) is 4.03. The Kier molecular flexibility index (Phi) is 6.56. The van der Waals surface area contributed by atoms with E-state index < -0.39 is 21.3 Å². The fraction of sp³-hybridized carbons (Fsp3) is 0.533. The van der Waals surface area contributed by atoms with Crippen molar-refractivity contribution >= 4 is 33.5 Å². The van der Waals surface area contributed by atoms with Gasteiger partial charge in [-0.1, -0.05) is 0 Å². The number of aryl methyl sites for hydroxylation is 1. The molecule has 2 aromatic rings. The Morgan fingerprint density at radius 3 is 2.85 bits per heavy atom. The molecule has 0 saturated carbocycles. The van der Waals surface area contributed by atoms with Crippen LogP contribution in [0.1, 0.15) is 19.3 Å². The zero-order valence-electron chi connectivity index (χ0n) is 14.3. The molecule has 3 heterocycles. The van der Waals surface area contributed by atoms with Crippen molar-refractivity contribution in [3.05, 3.63) is 33.1 Å². The molecule has 1 fully saturated rings. The van der Waals surface area contributed by atoms with Gasteiger partial charge in [-0.05, 0) is 44.3 Å². The molecule has 0 aromatic carbocycles. The number of halogens is 1. The van der Waals surface area contributed by atoms with Crippen LogP contribution in [0.5, 0.6) is 0 Å². The standard InChI is InChI=1S/C15H21N5O4S.ClH/c1-20-13-12(14(21)19-15(20)22)7-11(9-17-13)25(23,24)18-6-4-10-3-2-5-16-8-10;/h7,9-10,16,18H,2-6,8H2,1H3,(H,19,21,22);1H. The minimum Gasteiger partial charge on any atom is -0.316 e. The molecule has 1 aliphatic rings. The summed E-state index contributed by atoms with van der Waals surface area (Å²) >= 11 is 0. The Morgan fingerprint density at radius 1 is 1.38 bits per heavy atom. The van der Waals surface area contributed by atoms with Crippen molar-refractivity contribution < 1.29 is 8.42 Å². The molecule has 2 aromatic heterocycles. The maximum absolute atomic E-state index is 12.4. The number of nitrogens with one attached hydrogen (secondary N) is 3. The Bertz CT molecular complexity index is 995. The number of hydrogen-bond acceptors (Lipinski definition) is 6. The Labute approximate surface area is 156 Å². The van der Waals surface area contributed by atoms with Crippen molar-refractivity contribution in [2.75, 3.05) is 19.6 Å². The third-order valence-corrected chi connectivity index (χ3v) is 5.91. The van der Waals surface area contributed by atoms with E-state index in [9.17, 15) is 18.0 Å². The van der Waals surface area contributed by atoms with E-state index in [1.54, 1.807) is 0 Å². The number of H-pyrrole nitrogens is 1. The summed E-state index contributed by atoms with van der Waals surface area (Å²) in [7, 11) is -2.31. The normalized spacial score (nSPS) is 17.8. The highest BCUT2D eigenvalue weighted by molar-refractivity contribution is 7.89. The third kappa shape index (κ3) is 4.32. The minimum absolute atomic E-state index is 0. The van der Waals surface area contributed by atoms with E-state index in [0.717, 1.165) is 43.1 Å². The zero-order valence-corrected chi connectivity index (χ0v) is 16.0. The summed E-state index contributed by atoms with van der Waals surface area (Å²) < 4.78 is 28.6. The van der Waals surface area contributed by atoms with Crippen molar-refractivity contribution in [1.29, 1.82) is 0 Å². The third-order valence-electron chi connectivity index (χ3n) is 4.48. The van der Waals surface area contributed by atoms with Gasteiger partial charge in [0, 0.05) is 19.8 Å². The van der Waals surface area contributed by atoms with E-state index in [1.165, 1.54) is 13.1 Å². The summed E-state index contributed by atoms with van der Waals surface area (Å²) in [6.45, 7) is 2.25. The second-order valence-electron chi connectivity index (χ2n) is 6.26. The molecule has 1 atom stereocenters. The van der Waals surface area contributed by atoms with E-state index in [0.29, 0.717) is 12.5 Å². The molecule has 11 heteroatoms. The van der Waals surface area contributed by atoms with Gasteiger partial charge in [0.1, 0.15) is 10.5 Å². The first-order chi connectivity index (χ1) is 11.9. The van der Waals surface area contributed by atoms with Crippen LogP contribution < -0.4 is 21.3 Å². The van der Waals surface area contributed by atoms with Crippen molar-refractivity contribution in [3.63, 3.8) is 0 Å². The van der Waals surface area contributed by atoms with Crippen molar-refractivity contribution in [2.24, 2.45) is 13.0 Å². The van der Waals surface area contributed by atoms with Crippen LogP contribution in [0.4, 0.5) is 0 Å². The van der Waals surface area contributed by atoms with Gasteiger partial charge in [-0.15, -0.1) is 12.4 Å². The van der Waals surface area contributed by atoms with Crippen molar-refractivity contribution in [2.45, 2.75) is 24.2 Å². The van der Waals surface area contributed by atoms with Crippen molar-refractivity contribution in [1.82, 2.24) is 24.6 Å². The zero-order chi connectivity index (χ0) is 18.0. The van der Waals surface area contributed by atoms with Crippen LogP contribution in [0.2, 0.25) is 0 Å². The van der Waals surface area contributed by atoms with E-state index in [1.807, 2.05) is 0 Å². The van der Waals surface area contributed by atoms with E-state index in [-0.39, 0.29) is 28.3 Å². The molecule has 0 amide bonds. The van der Waals surface area contributed by atoms with Crippen molar-refractivity contribution in [3.8, 4) is 0 Å². The first-order valence-corrected chi connectivity index (χ1v) is 9.66. The minimum atomic E-state index is -3.77. The predicted molar refractivity (Wildman–Crippen MR) is 100 cm³/mol. The van der Waals surface area contributed by atoms with Gasteiger partial charge in [0.05, 0.1) is 5.39 Å². The van der Waals surface area contributed by atoms with E-state index >= 15 is 0 Å². The van der Waals surface area contributed by atoms with Crippen LogP contribution >= 0.6 is 12.4 Å². The summed E-state index contributed by atoms with van der Waals surface area (Å²) in [6, 6.07) is 1.24. The summed E-state index contributed by atoms with van der Waals surface area (Å²) in [6.07, 6.45) is 4.11. The maximum Gasteiger partial charge on any atom is 0.329 e. The molecule has 9 nitrogen and oxygen atoms in total. The molecule has 144 valence electrons. The topological polar surface area (TPSA) is 126 Å². The molecule has 1 unspecified atom stereocenters. The summed E-state index contributed by atoms with van der Waals surface area (Å²) in [4.78, 5) is 29.5. The van der Waals surface area contributed by atoms with Crippen LogP contribution in [0.3, 0.4) is 0 Å². The summed E-state index contributed by atoms with van der Waals surface area (Å²) in [5.41, 5.74) is -1.11. The summed E-state index contributed by atoms with van der Waals surface area (Å²) in [5.74, 6) is 0.462. The Balaban J connectivity index is 0.00000243. The van der Waals surface area contributed by atoms with Gasteiger partial charge in [-0.3, -0.25) is 14.3 Å². The average Bonchev–Trinajstić information content (AvgIpc) is 2.60. The van der Waals surface area contributed by atoms with Gasteiger partial charge < -0.3 is 5.32 Å². The highest BCUT2D eigenvalue weighted by atomic mass is 35.5. The van der Waals surface area contributed by atoms with Gasteiger partial charge in [0.15, 0.2) is 0 Å². The molecular formula is C15H22ClN5O4S. The number of fused-ring (bicyclic) bond motifs is 1. The van der Waals surface area contributed by atoms with Gasteiger partial charge >= 0.3 is 5.69 Å². The first kappa shape index (κ1) is 20.6. The molecule has 0 bridgehead atoms. The molecule has 0 aliphatic carbocycles. The fourth-order valence-electron chi connectivity index (χ4n) is 3.02. The molecule has 26 heavy (non-hydrogen) atoms. The molecular weight excluding hydrogens is 382 g/mol. The lowest BCUT2D eigenvalue weighted by atomic mass is 9.96. The lowest BCUT2D eigenvalue weighted by Crippen LogP contribution is -2.33. The second-order valence-corrected chi connectivity index (χ2v) is 8.03. The SMILES string of the molecule is Cl.Cn1c(=O)[nH]c(=O)c2cc(S(=O)(=O)NCCC3CCCNC3)cnc21. The van der Waals surface area contributed by atoms with Crippen LogP contribution in [-0.2, 0) is 17.1 Å². The molecule has 3 N–H and O–H groups in total. The van der Waals surface area contributed by atoms with Crippen LogP contribution in [0, 0.1) is 5.92 Å². The number of rotatable bonds is 5. The second kappa shape index (κ2) is 8.30. The van der Waals surface area contributed by atoms with Gasteiger partial charge in [0.25, 0.3) is 5.56 Å². The number of piperidine rings is 1. The van der Waals surface area contributed by atoms with Crippen LogP contribution in [0.15, 0.2) is 26.7 Å². The van der Waals surface area contributed by atoms with Crippen LogP contribution in [-0.4, -0.2) is 42.6 Å².